The predicted molar refractivity (Wildman–Crippen MR) is 105 cm³/mol. The number of hydrogen-bond donors (Lipinski definition) is 2. The lowest BCUT2D eigenvalue weighted by Gasteiger charge is -2.35. The van der Waals surface area contributed by atoms with E-state index in [0.29, 0.717) is 24.6 Å². The van der Waals surface area contributed by atoms with Gasteiger partial charge in [0.1, 0.15) is 0 Å². The summed E-state index contributed by atoms with van der Waals surface area (Å²) >= 11 is 0. The van der Waals surface area contributed by atoms with E-state index in [2.05, 4.69) is 6.55 Å². The van der Waals surface area contributed by atoms with Gasteiger partial charge in [-0.05, 0) is 62.4 Å². The van der Waals surface area contributed by atoms with Crippen LogP contribution in [-0.2, 0) is 27.8 Å². The summed E-state index contributed by atoms with van der Waals surface area (Å²) in [6.45, 7) is 9.21. The molecule has 0 aliphatic carbocycles. The Labute approximate surface area is 156 Å². The molecule has 1 heterocycles. The summed E-state index contributed by atoms with van der Waals surface area (Å²) in [7, 11) is -6.17. The van der Waals surface area contributed by atoms with Crippen LogP contribution in [0.1, 0.15) is 12.0 Å². The van der Waals surface area contributed by atoms with E-state index in [1.807, 2.05) is 31.8 Å². The van der Waals surface area contributed by atoms with Crippen LogP contribution in [0.2, 0.25) is 32.2 Å². The number of anilines is 2. The Morgan fingerprint density at radius 1 is 0.960 bits per heavy atom. The van der Waals surface area contributed by atoms with Crippen molar-refractivity contribution in [2.75, 3.05) is 18.1 Å². The molecule has 1 fully saturated rings. The van der Waals surface area contributed by atoms with Crippen molar-refractivity contribution < 1.29 is 21.2 Å². The van der Waals surface area contributed by atoms with Gasteiger partial charge in [0.05, 0.1) is 6.61 Å². The van der Waals surface area contributed by atoms with E-state index in [4.69, 9.17) is 32.7 Å². The first kappa shape index (κ1) is 20.8. The monoisotopic (exact) mass is 415 g/mol. The Balaban J connectivity index is 1.77. The van der Waals surface area contributed by atoms with Gasteiger partial charge in [-0.1, -0.05) is 0 Å². The Bertz CT molecular complexity index is 534. The second kappa shape index (κ2) is 9.43. The highest BCUT2D eigenvalue weighted by atomic mass is 28.5. The maximum absolute atomic E-state index is 6.19. The van der Waals surface area contributed by atoms with Crippen molar-refractivity contribution in [1.29, 1.82) is 0 Å². The highest BCUT2D eigenvalue weighted by Crippen LogP contribution is 2.22. The Kier molecular flexibility index (Phi) is 7.85. The van der Waals surface area contributed by atoms with Gasteiger partial charge in [0.15, 0.2) is 0 Å². The molecule has 1 aliphatic rings. The van der Waals surface area contributed by atoms with Crippen LogP contribution in [0.3, 0.4) is 0 Å². The van der Waals surface area contributed by atoms with E-state index in [1.165, 1.54) is 0 Å². The first-order valence-corrected chi connectivity index (χ1v) is 16.2. The summed E-state index contributed by atoms with van der Waals surface area (Å²) < 4.78 is 29.8. The van der Waals surface area contributed by atoms with Crippen LogP contribution in [-0.4, -0.2) is 43.0 Å². The van der Waals surface area contributed by atoms with Gasteiger partial charge in [-0.3, -0.25) is 0 Å². The molecule has 139 valence electrons. The van der Waals surface area contributed by atoms with Gasteiger partial charge < -0.3 is 32.7 Å². The largest absolute Gasteiger partial charge is 0.415 e. The predicted octanol–water partition coefficient (Wildman–Crippen LogP) is 2.26. The van der Waals surface area contributed by atoms with Crippen molar-refractivity contribution in [2.24, 2.45) is 0 Å². The van der Waals surface area contributed by atoms with E-state index in [-0.39, 0.29) is 0 Å². The molecule has 4 N–H and O–H groups in total. The van der Waals surface area contributed by atoms with Crippen molar-refractivity contribution in [3.63, 3.8) is 0 Å². The van der Waals surface area contributed by atoms with Gasteiger partial charge in [0, 0.05) is 18.0 Å². The van der Waals surface area contributed by atoms with E-state index in [9.17, 15) is 0 Å². The zero-order valence-electron chi connectivity index (χ0n) is 15.3. The average Bonchev–Trinajstić information content (AvgIpc) is 2.43. The number of benzene rings is 1. The third-order valence-corrected chi connectivity index (χ3v) is 15.1. The first-order chi connectivity index (χ1) is 11.8. The summed E-state index contributed by atoms with van der Waals surface area (Å²) in [5, 5.41) is 0. The van der Waals surface area contributed by atoms with E-state index in [0.717, 1.165) is 18.0 Å². The van der Waals surface area contributed by atoms with Crippen LogP contribution in [0.25, 0.3) is 0 Å². The molecule has 0 bridgehead atoms. The van der Waals surface area contributed by atoms with Crippen molar-refractivity contribution in [2.45, 2.75) is 45.3 Å². The first-order valence-electron chi connectivity index (χ1n) is 8.23. The highest BCUT2D eigenvalue weighted by molar-refractivity contribution is 6.81. The average molecular weight is 416 g/mol. The normalized spacial score (nSPS) is 20.3. The van der Waals surface area contributed by atoms with Crippen molar-refractivity contribution in [3.8, 4) is 0 Å². The van der Waals surface area contributed by atoms with Crippen LogP contribution in [0.15, 0.2) is 18.2 Å². The SMILES string of the molecule is C[Si]1O[Si](C)O[Si](C)(CCCOCc2cc(N)cc(N)c2)O[Si](C)O1. The molecule has 0 atom stereocenters. The van der Waals surface area contributed by atoms with Crippen LogP contribution in [0.5, 0.6) is 0 Å². The van der Waals surface area contributed by atoms with Gasteiger partial charge in [0.25, 0.3) is 0 Å². The maximum atomic E-state index is 6.19. The zero-order valence-corrected chi connectivity index (χ0v) is 19.3. The summed E-state index contributed by atoms with van der Waals surface area (Å²) in [6.07, 6.45) is 0.870. The Hall–Kier alpha value is -0.512. The van der Waals surface area contributed by atoms with Crippen molar-refractivity contribution in [1.82, 2.24) is 0 Å². The standard InChI is InChI=1S/C14H27N2O5Si4/c1-22-18-23(2)20-25(4,21-24(3)19-22)7-5-6-17-11-12-8-13(15)10-14(16)9-12/h8-10H,5-7,11,15-16H2,1-4H3. The maximum Gasteiger partial charge on any atom is 0.362 e. The molecule has 1 saturated heterocycles. The zero-order chi connectivity index (χ0) is 18.4. The number of hydrogen-bond acceptors (Lipinski definition) is 7. The van der Waals surface area contributed by atoms with Crippen LogP contribution < -0.4 is 11.5 Å². The topological polar surface area (TPSA) is 98.2 Å². The van der Waals surface area contributed by atoms with Gasteiger partial charge in [-0.2, -0.15) is 0 Å². The van der Waals surface area contributed by atoms with Gasteiger partial charge in [-0.25, -0.2) is 0 Å². The molecular weight excluding hydrogens is 389 g/mol. The van der Waals surface area contributed by atoms with Gasteiger partial charge in [-0.15, -0.1) is 0 Å². The Morgan fingerprint density at radius 2 is 1.52 bits per heavy atom. The molecular formula is C14H27N2O5Si4. The highest BCUT2D eigenvalue weighted by Gasteiger charge is 2.40. The molecule has 11 heteroatoms. The summed E-state index contributed by atoms with van der Waals surface area (Å²) in [4.78, 5) is 0. The van der Waals surface area contributed by atoms with Crippen LogP contribution in [0.4, 0.5) is 11.4 Å². The summed E-state index contributed by atoms with van der Waals surface area (Å²) in [5.41, 5.74) is 13.9. The summed E-state index contributed by atoms with van der Waals surface area (Å²) in [6, 6.07) is 6.35. The molecule has 1 aromatic carbocycles. The lowest BCUT2D eigenvalue weighted by molar-refractivity contribution is 0.120. The third kappa shape index (κ3) is 7.32. The van der Waals surface area contributed by atoms with Crippen molar-refractivity contribution >= 4 is 47.8 Å². The number of nitrogen functional groups attached to an aromatic ring is 2. The molecule has 1 aromatic rings. The fourth-order valence-corrected chi connectivity index (χ4v) is 14.6. The van der Waals surface area contributed by atoms with Crippen LogP contribution in [0, 0.1) is 0 Å². The quantitative estimate of drug-likeness (QED) is 0.418. The van der Waals surface area contributed by atoms with E-state index < -0.39 is 36.4 Å². The molecule has 0 saturated carbocycles. The van der Waals surface area contributed by atoms with E-state index in [1.54, 1.807) is 6.07 Å². The van der Waals surface area contributed by atoms with Crippen LogP contribution >= 0.6 is 0 Å². The summed E-state index contributed by atoms with van der Waals surface area (Å²) in [5.74, 6) is 0. The minimum Gasteiger partial charge on any atom is -0.415 e. The third-order valence-electron chi connectivity index (χ3n) is 3.52. The molecule has 0 unspecified atom stereocenters. The molecule has 3 radical (unpaired) electrons. The number of nitrogens with two attached hydrogens (primary N) is 2. The molecule has 7 nitrogen and oxygen atoms in total. The fraction of sp³-hybridized carbons (Fsp3) is 0.571. The fourth-order valence-electron chi connectivity index (χ4n) is 2.71. The molecule has 1 aliphatic heterocycles. The lowest BCUT2D eigenvalue weighted by atomic mass is 10.2. The molecule has 0 amide bonds. The lowest BCUT2D eigenvalue weighted by Crippen LogP contribution is -2.53. The second-order valence-corrected chi connectivity index (χ2v) is 15.2. The minimum absolute atomic E-state index is 0.495. The number of rotatable bonds is 6. The molecule has 25 heavy (non-hydrogen) atoms. The van der Waals surface area contributed by atoms with Gasteiger partial charge in [0.2, 0.25) is 0 Å². The Morgan fingerprint density at radius 3 is 2.08 bits per heavy atom. The molecule has 2 rings (SSSR count). The van der Waals surface area contributed by atoms with E-state index >= 15 is 0 Å². The second-order valence-electron chi connectivity index (χ2n) is 6.18. The van der Waals surface area contributed by atoms with Gasteiger partial charge >= 0.3 is 36.4 Å². The smallest absolute Gasteiger partial charge is 0.362 e. The van der Waals surface area contributed by atoms with Crippen molar-refractivity contribution in [3.05, 3.63) is 23.8 Å². The minimum atomic E-state index is -2.29. The number of ether oxygens (including phenoxy) is 1. The molecule has 0 spiro atoms. The molecule has 0 aromatic heterocycles.